The van der Waals surface area contributed by atoms with Gasteiger partial charge in [0, 0.05) is 25.7 Å². The molecule has 21 heavy (non-hydrogen) atoms. The largest absolute Gasteiger partial charge is 0.305 e. The smallest absolute Gasteiger partial charge is 0.0535 e. The van der Waals surface area contributed by atoms with Gasteiger partial charge in [-0.15, -0.1) is 0 Å². The zero-order chi connectivity index (χ0) is 15.3. The molecule has 2 rings (SSSR count). The van der Waals surface area contributed by atoms with E-state index in [1.54, 1.807) is 0 Å². The van der Waals surface area contributed by atoms with Crippen molar-refractivity contribution in [3.05, 3.63) is 48.0 Å². The van der Waals surface area contributed by atoms with Gasteiger partial charge in [-0.2, -0.15) is 0 Å². The summed E-state index contributed by atoms with van der Waals surface area (Å²) in [5, 5.41) is 3.82. The molecular formula is C19H30N2. The number of nitrogens with one attached hydrogen (secondary N) is 1. The Morgan fingerprint density at radius 3 is 2.71 bits per heavy atom. The molecule has 0 amide bonds. The minimum atomic E-state index is 0.0484. The molecule has 0 spiro atoms. The summed E-state index contributed by atoms with van der Waals surface area (Å²) in [5.41, 5.74) is 1.44. The Labute approximate surface area is 130 Å². The number of hydrogen-bond acceptors (Lipinski definition) is 2. The van der Waals surface area contributed by atoms with Crippen LogP contribution in [0.2, 0.25) is 0 Å². The SMILES string of the molecule is C/C=C/CN1CC(C)(c2ccccc2)NCC1C(C)CC. The quantitative estimate of drug-likeness (QED) is 0.828. The second kappa shape index (κ2) is 7.24. The first-order valence-corrected chi connectivity index (χ1v) is 8.26. The van der Waals surface area contributed by atoms with E-state index in [0.29, 0.717) is 6.04 Å². The number of allylic oxidation sites excluding steroid dienone is 1. The lowest BCUT2D eigenvalue weighted by atomic mass is 9.85. The third-order valence-electron chi connectivity index (χ3n) is 4.98. The lowest BCUT2D eigenvalue weighted by molar-refractivity contribution is 0.0657. The van der Waals surface area contributed by atoms with Crippen LogP contribution >= 0.6 is 0 Å². The molecule has 1 aromatic rings. The summed E-state index contributed by atoms with van der Waals surface area (Å²) in [5.74, 6) is 0.725. The van der Waals surface area contributed by atoms with Crippen LogP contribution in [-0.4, -0.2) is 30.6 Å². The number of nitrogens with zero attached hydrogens (tertiary/aromatic N) is 1. The number of piperazine rings is 1. The Morgan fingerprint density at radius 1 is 1.38 bits per heavy atom. The third-order valence-corrected chi connectivity index (χ3v) is 4.98. The topological polar surface area (TPSA) is 15.3 Å². The van der Waals surface area contributed by atoms with E-state index in [-0.39, 0.29) is 5.54 Å². The predicted molar refractivity (Wildman–Crippen MR) is 91.4 cm³/mol. The molecule has 2 heteroatoms. The second-order valence-corrected chi connectivity index (χ2v) is 6.53. The van der Waals surface area contributed by atoms with E-state index in [4.69, 9.17) is 0 Å². The predicted octanol–water partition coefficient (Wildman–Crippen LogP) is 3.80. The summed E-state index contributed by atoms with van der Waals surface area (Å²) in [6.07, 6.45) is 5.68. The minimum absolute atomic E-state index is 0.0484. The molecular weight excluding hydrogens is 256 g/mol. The van der Waals surface area contributed by atoms with Crippen LogP contribution in [0.5, 0.6) is 0 Å². The normalized spacial score (nSPS) is 28.9. The van der Waals surface area contributed by atoms with Crippen LogP contribution in [0.4, 0.5) is 0 Å². The first-order chi connectivity index (χ1) is 10.1. The van der Waals surface area contributed by atoms with Gasteiger partial charge < -0.3 is 5.32 Å². The van der Waals surface area contributed by atoms with Gasteiger partial charge in [0.05, 0.1) is 5.54 Å². The summed E-state index contributed by atoms with van der Waals surface area (Å²) in [6.45, 7) is 12.3. The average Bonchev–Trinajstić information content (AvgIpc) is 2.53. The summed E-state index contributed by atoms with van der Waals surface area (Å²) >= 11 is 0. The number of rotatable bonds is 5. The molecule has 3 unspecified atom stereocenters. The van der Waals surface area contributed by atoms with Gasteiger partial charge in [-0.3, -0.25) is 4.90 Å². The minimum Gasteiger partial charge on any atom is -0.305 e. The highest BCUT2D eigenvalue weighted by molar-refractivity contribution is 5.25. The molecule has 0 radical (unpaired) electrons. The van der Waals surface area contributed by atoms with Gasteiger partial charge in [-0.05, 0) is 25.3 Å². The fourth-order valence-corrected chi connectivity index (χ4v) is 3.31. The fourth-order valence-electron chi connectivity index (χ4n) is 3.31. The van der Waals surface area contributed by atoms with Crippen LogP contribution in [-0.2, 0) is 5.54 Å². The van der Waals surface area contributed by atoms with Crippen molar-refractivity contribution in [2.24, 2.45) is 5.92 Å². The fraction of sp³-hybridized carbons (Fsp3) is 0.579. The maximum Gasteiger partial charge on any atom is 0.0535 e. The average molecular weight is 286 g/mol. The zero-order valence-corrected chi connectivity index (χ0v) is 14.0. The lowest BCUT2D eigenvalue weighted by Crippen LogP contribution is -2.62. The van der Waals surface area contributed by atoms with Crippen molar-refractivity contribution in [2.45, 2.75) is 45.7 Å². The van der Waals surface area contributed by atoms with Gasteiger partial charge in [0.25, 0.3) is 0 Å². The molecule has 0 bridgehead atoms. The highest BCUT2D eigenvalue weighted by Crippen LogP contribution is 2.29. The highest BCUT2D eigenvalue weighted by Gasteiger charge is 2.37. The molecule has 0 aliphatic carbocycles. The molecule has 116 valence electrons. The molecule has 1 N–H and O–H groups in total. The van der Waals surface area contributed by atoms with Crippen molar-refractivity contribution in [1.29, 1.82) is 0 Å². The molecule has 1 heterocycles. The van der Waals surface area contributed by atoms with Crippen molar-refractivity contribution >= 4 is 0 Å². The van der Waals surface area contributed by atoms with Gasteiger partial charge in [0.2, 0.25) is 0 Å². The van der Waals surface area contributed by atoms with Gasteiger partial charge >= 0.3 is 0 Å². The van der Waals surface area contributed by atoms with Crippen molar-refractivity contribution in [3.8, 4) is 0 Å². The summed E-state index contributed by atoms with van der Waals surface area (Å²) in [7, 11) is 0. The summed E-state index contributed by atoms with van der Waals surface area (Å²) in [6, 6.07) is 11.5. The lowest BCUT2D eigenvalue weighted by Gasteiger charge is -2.48. The van der Waals surface area contributed by atoms with E-state index in [2.05, 4.69) is 80.4 Å². The first kappa shape index (κ1) is 16.3. The molecule has 3 atom stereocenters. The molecule has 1 aliphatic rings. The van der Waals surface area contributed by atoms with Crippen LogP contribution in [0.15, 0.2) is 42.5 Å². The highest BCUT2D eigenvalue weighted by atomic mass is 15.3. The monoisotopic (exact) mass is 286 g/mol. The van der Waals surface area contributed by atoms with E-state index in [1.165, 1.54) is 12.0 Å². The molecule has 0 aromatic heterocycles. The van der Waals surface area contributed by atoms with E-state index in [9.17, 15) is 0 Å². The maximum absolute atomic E-state index is 3.82. The Morgan fingerprint density at radius 2 is 2.10 bits per heavy atom. The van der Waals surface area contributed by atoms with Crippen LogP contribution < -0.4 is 5.32 Å². The van der Waals surface area contributed by atoms with E-state index in [1.807, 2.05) is 0 Å². The molecule has 2 nitrogen and oxygen atoms in total. The molecule has 0 saturated carbocycles. The zero-order valence-electron chi connectivity index (χ0n) is 14.0. The van der Waals surface area contributed by atoms with Gasteiger partial charge in [-0.25, -0.2) is 0 Å². The Kier molecular flexibility index (Phi) is 5.60. The number of benzene rings is 1. The number of hydrogen-bond donors (Lipinski definition) is 1. The van der Waals surface area contributed by atoms with E-state index < -0.39 is 0 Å². The molecule has 1 aromatic carbocycles. The Bertz CT molecular complexity index is 454. The third kappa shape index (κ3) is 3.75. The summed E-state index contributed by atoms with van der Waals surface area (Å²) < 4.78 is 0. The van der Waals surface area contributed by atoms with E-state index >= 15 is 0 Å². The maximum atomic E-state index is 3.82. The van der Waals surface area contributed by atoms with Crippen molar-refractivity contribution in [3.63, 3.8) is 0 Å². The Balaban J connectivity index is 2.19. The first-order valence-electron chi connectivity index (χ1n) is 8.26. The summed E-state index contributed by atoms with van der Waals surface area (Å²) in [4.78, 5) is 2.65. The standard InChI is InChI=1S/C19H30N2/c1-5-7-13-21-15-19(4,17-11-9-8-10-12-17)20-14-18(21)16(3)6-2/h5,7-12,16,18,20H,6,13-15H2,1-4H3/b7-5+. The Hall–Kier alpha value is -1.12. The van der Waals surface area contributed by atoms with Gasteiger partial charge in [-0.1, -0.05) is 62.8 Å². The van der Waals surface area contributed by atoms with Crippen molar-refractivity contribution < 1.29 is 0 Å². The second-order valence-electron chi connectivity index (χ2n) is 6.53. The van der Waals surface area contributed by atoms with Gasteiger partial charge in [0.1, 0.15) is 0 Å². The van der Waals surface area contributed by atoms with Crippen molar-refractivity contribution in [1.82, 2.24) is 10.2 Å². The molecule has 1 aliphatic heterocycles. The molecule has 1 fully saturated rings. The van der Waals surface area contributed by atoms with Crippen LogP contribution in [0.25, 0.3) is 0 Å². The van der Waals surface area contributed by atoms with Crippen molar-refractivity contribution in [2.75, 3.05) is 19.6 Å². The van der Waals surface area contributed by atoms with Crippen LogP contribution in [0.3, 0.4) is 0 Å². The van der Waals surface area contributed by atoms with Crippen LogP contribution in [0, 0.1) is 5.92 Å². The molecule has 1 saturated heterocycles. The van der Waals surface area contributed by atoms with Gasteiger partial charge in [0.15, 0.2) is 0 Å². The van der Waals surface area contributed by atoms with E-state index in [0.717, 1.165) is 25.6 Å². The van der Waals surface area contributed by atoms with Crippen LogP contribution in [0.1, 0.15) is 39.7 Å².